The van der Waals surface area contributed by atoms with Gasteiger partial charge < -0.3 is 9.80 Å². The molecule has 0 radical (unpaired) electrons. The summed E-state index contributed by atoms with van der Waals surface area (Å²) in [4.78, 5) is 28.9. The number of fused-ring (bicyclic) bond motifs is 1. The van der Waals surface area contributed by atoms with Crippen LogP contribution >= 0.6 is 0 Å². The molecule has 4 nitrogen and oxygen atoms in total. The number of rotatable bonds is 3. The summed E-state index contributed by atoms with van der Waals surface area (Å²) < 4.78 is 0. The van der Waals surface area contributed by atoms with Crippen LogP contribution in [0.2, 0.25) is 0 Å². The summed E-state index contributed by atoms with van der Waals surface area (Å²) in [6, 6.07) is 15.6. The summed E-state index contributed by atoms with van der Waals surface area (Å²) in [5, 5.41) is 0. The largest absolute Gasteiger partial charge is 0.371 e. The lowest BCUT2D eigenvalue weighted by Gasteiger charge is -2.21. The summed E-state index contributed by atoms with van der Waals surface area (Å²) in [5.41, 5.74) is 3.26. The molecule has 1 saturated heterocycles. The highest BCUT2D eigenvalue weighted by Gasteiger charge is 2.38. The number of benzene rings is 2. The molecule has 0 unspecified atom stereocenters. The van der Waals surface area contributed by atoms with Crippen molar-refractivity contribution in [1.82, 2.24) is 0 Å². The minimum absolute atomic E-state index is 0.376. The van der Waals surface area contributed by atoms with Crippen LogP contribution in [0.4, 0.5) is 11.4 Å². The summed E-state index contributed by atoms with van der Waals surface area (Å²) in [6.07, 6.45) is 2.28. The first-order valence-electron chi connectivity index (χ1n) is 8.04. The number of carbonyl (C=O) groups excluding carboxylic acids is 2. The molecule has 4 heteroatoms. The predicted octanol–water partition coefficient (Wildman–Crippen LogP) is 3.02. The van der Waals surface area contributed by atoms with E-state index >= 15 is 0 Å². The predicted molar refractivity (Wildman–Crippen MR) is 89.9 cm³/mol. The van der Waals surface area contributed by atoms with Crippen LogP contribution in [0.25, 0.3) is 0 Å². The van der Waals surface area contributed by atoms with E-state index in [0.717, 1.165) is 42.9 Å². The van der Waals surface area contributed by atoms with Gasteiger partial charge in [0.15, 0.2) is 0 Å². The molecule has 116 valence electrons. The Morgan fingerprint density at radius 2 is 1.52 bits per heavy atom. The van der Waals surface area contributed by atoms with Gasteiger partial charge in [-0.25, -0.2) is 0 Å². The van der Waals surface area contributed by atoms with Gasteiger partial charge in [-0.3, -0.25) is 9.59 Å². The van der Waals surface area contributed by atoms with Crippen molar-refractivity contribution in [2.45, 2.75) is 19.4 Å². The average molecular weight is 306 g/mol. The van der Waals surface area contributed by atoms with Gasteiger partial charge in [-0.05, 0) is 30.5 Å². The molecule has 1 fully saturated rings. The van der Waals surface area contributed by atoms with Gasteiger partial charge in [-0.2, -0.15) is 0 Å². The summed E-state index contributed by atoms with van der Waals surface area (Å²) >= 11 is 0. The fourth-order valence-corrected chi connectivity index (χ4v) is 3.47. The molecule has 2 heterocycles. The van der Waals surface area contributed by atoms with Crippen molar-refractivity contribution in [3.8, 4) is 0 Å². The molecule has 2 aliphatic rings. The highest BCUT2D eigenvalue weighted by molar-refractivity contribution is 6.53. The van der Waals surface area contributed by atoms with Gasteiger partial charge in [0.1, 0.15) is 0 Å². The molecule has 0 bridgehead atoms. The third-order valence-corrected chi connectivity index (χ3v) is 4.61. The zero-order chi connectivity index (χ0) is 15.8. The number of anilines is 2. The van der Waals surface area contributed by atoms with E-state index < -0.39 is 5.91 Å². The first-order chi connectivity index (χ1) is 11.3. The van der Waals surface area contributed by atoms with Crippen molar-refractivity contribution in [3.05, 3.63) is 59.7 Å². The molecule has 0 aliphatic carbocycles. The van der Waals surface area contributed by atoms with E-state index in [0.29, 0.717) is 12.1 Å². The number of carbonyl (C=O) groups is 2. The molecular formula is C19H18N2O2. The van der Waals surface area contributed by atoms with E-state index in [-0.39, 0.29) is 5.78 Å². The summed E-state index contributed by atoms with van der Waals surface area (Å²) in [6.45, 7) is 2.34. The molecule has 0 aromatic heterocycles. The zero-order valence-corrected chi connectivity index (χ0v) is 12.9. The number of ketones is 1. The SMILES string of the molecule is O=C1C(=O)N(Cc2ccccc2)c2cccc(N3CCCC3)c21. The molecular weight excluding hydrogens is 288 g/mol. The van der Waals surface area contributed by atoms with Crippen LogP contribution in [0.15, 0.2) is 48.5 Å². The Labute approximate surface area is 135 Å². The maximum atomic E-state index is 12.6. The molecule has 4 rings (SSSR count). The summed E-state index contributed by atoms with van der Waals surface area (Å²) in [5.74, 6) is -0.797. The Morgan fingerprint density at radius 1 is 0.826 bits per heavy atom. The maximum Gasteiger partial charge on any atom is 0.299 e. The lowest BCUT2D eigenvalue weighted by molar-refractivity contribution is -0.114. The second kappa shape index (κ2) is 5.54. The van der Waals surface area contributed by atoms with E-state index in [4.69, 9.17) is 0 Å². The van der Waals surface area contributed by atoms with Gasteiger partial charge >= 0.3 is 0 Å². The van der Waals surface area contributed by atoms with Crippen molar-refractivity contribution in [2.75, 3.05) is 22.9 Å². The second-order valence-corrected chi connectivity index (χ2v) is 6.07. The third-order valence-electron chi connectivity index (χ3n) is 4.61. The lowest BCUT2D eigenvalue weighted by atomic mass is 10.1. The Balaban J connectivity index is 1.74. The number of nitrogens with zero attached hydrogens (tertiary/aromatic N) is 2. The molecule has 0 spiro atoms. The van der Waals surface area contributed by atoms with Gasteiger partial charge in [-0.15, -0.1) is 0 Å². The molecule has 2 aliphatic heterocycles. The first kappa shape index (κ1) is 14.0. The highest BCUT2D eigenvalue weighted by Crippen LogP contribution is 2.38. The van der Waals surface area contributed by atoms with Crippen LogP contribution in [-0.2, 0) is 11.3 Å². The van der Waals surface area contributed by atoms with Crippen molar-refractivity contribution >= 4 is 23.1 Å². The fraction of sp³-hybridized carbons (Fsp3) is 0.263. The standard InChI is InChI=1S/C19H18N2O2/c22-18-17-15(20-11-4-5-12-20)9-6-10-16(17)21(19(18)23)13-14-7-2-1-3-8-14/h1-3,6-10H,4-5,11-13H2. The molecule has 23 heavy (non-hydrogen) atoms. The van der Waals surface area contributed by atoms with Crippen molar-refractivity contribution in [3.63, 3.8) is 0 Å². The first-order valence-corrected chi connectivity index (χ1v) is 8.04. The smallest absolute Gasteiger partial charge is 0.299 e. The van der Waals surface area contributed by atoms with Gasteiger partial charge in [0.2, 0.25) is 0 Å². The number of hydrogen-bond acceptors (Lipinski definition) is 3. The second-order valence-electron chi connectivity index (χ2n) is 6.07. The van der Waals surface area contributed by atoms with Gasteiger partial charge in [0, 0.05) is 13.1 Å². The highest BCUT2D eigenvalue weighted by atomic mass is 16.2. The van der Waals surface area contributed by atoms with E-state index in [1.165, 1.54) is 0 Å². The van der Waals surface area contributed by atoms with E-state index in [1.807, 2.05) is 48.5 Å². The van der Waals surface area contributed by atoms with Crippen LogP contribution in [0.3, 0.4) is 0 Å². The maximum absolute atomic E-state index is 12.6. The minimum Gasteiger partial charge on any atom is -0.371 e. The normalized spacial score (nSPS) is 17.0. The van der Waals surface area contributed by atoms with Crippen LogP contribution in [0.1, 0.15) is 28.8 Å². The molecule has 2 aromatic carbocycles. The van der Waals surface area contributed by atoms with Gasteiger partial charge in [0.05, 0.1) is 23.5 Å². The van der Waals surface area contributed by atoms with Crippen LogP contribution < -0.4 is 9.80 Å². The number of amides is 1. The van der Waals surface area contributed by atoms with Crippen LogP contribution in [0.5, 0.6) is 0 Å². The van der Waals surface area contributed by atoms with Crippen LogP contribution in [-0.4, -0.2) is 24.8 Å². The molecule has 1 amide bonds. The Morgan fingerprint density at radius 3 is 2.26 bits per heavy atom. The minimum atomic E-state index is -0.421. The van der Waals surface area contributed by atoms with Crippen molar-refractivity contribution in [2.24, 2.45) is 0 Å². The summed E-state index contributed by atoms with van der Waals surface area (Å²) in [7, 11) is 0. The molecule has 2 aromatic rings. The zero-order valence-electron chi connectivity index (χ0n) is 12.9. The van der Waals surface area contributed by atoms with Crippen molar-refractivity contribution in [1.29, 1.82) is 0 Å². The van der Waals surface area contributed by atoms with Gasteiger partial charge in [-0.1, -0.05) is 36.4 Å². The molecule has 0 saturated carbocycles. The Bertz CT molecular complexity index is 764. The van der Waals surface area contributed by atoms with Crippen molar-refractivity contribution < 1.29 is 9.59 Å². The monoisotopic (exact) mass is 306 g/mol. The third kappa shape index (κ3) is 2.31. The fourth-order valence-electron chi connectivity index (χ4n) is 3.47. The topological polar surface area (TPSA) is 40.6 Å². The van der Waals surface area contributed by atoms with Gasteiger partial charge in [0.25, 0.3) is 11.7 Å². The Kier molecular flexibility index (Phi) is 3.37. The number of hydrogen-bond donors (Lipinski definition) is 0. The van der Waals surface area contributed by atoms with Crippen LogP contribution in [0, 0.1) is 0 Å². The Hall–Kier alpha value is -2.62. The molecule has 0 N–H and O–H groups in total. The number of Topliss-reactive ketones (excluding diaryl/α,β-unsaturated/α-hetero) is 1. The van der Waals surface area contributed by atoms with E-state index in [1.54, 1.807) is 4.90 Å². The quantitative estimate of drug-likeness (QED) is 0.819. The molecule has 0 atom stereocenters. The van der Waals surface area contributed by atoms with E-state index in [2.05, 4.69) is 4.90 Å². The lowest BCUT2D eigenvalue weighted by Crippen LogP contribution is -2.29. The average Bonchev–Trinajstić information content (AvgIpc) is 3.20. The van der Waals surface area contributed by atoms with E-state index in [9.17, 15) is 9.59 Å².